The summed E-state index contributed by atoms with van der Waals surface area (Å²) in [4.78, 5) is 13.4. The van der Waals surface area contributed by atoms with E-state index in [0.717, 1.165) is 0 Å². The van der Waals surface area contributed by atoms with Crippen molar-refractivity contribution in [3.05, 3.63) is 0 Å². The van der Waals surface area contributed by atoms with Gasteiger partial charge in [-0.15, -0.1) is 0 Å². The normalized spacial score (nSPS) is 23.1. The van der Waals surface area contributed by atoms with Crippen LogP contribution in [0.15, 0.2) is 0 Å². The maximum Gasteiger partial charge on any atom is 0.177 e. The van der Waals surface area contributed by atoms with Gasteiger partial charge in [0.25, 0.3) is 0 Å². The lowest BCUT2D eigenvalue weighted by molar-refractivity contribution is -0.142. The Morgan fingerprint density at radius 2 is 1.82 bits per heavy atom. The van der Waals surface area contributed by atoms with Gasteiger partial charge in [-0.1, -0.05) is 0 Å². The lowest BCUT2D eigenvalue weighted by atomic mass is 10.0. The van der Waals surface area contributed by atoms with E-state index in [1.54, 1.807) is 4.90 Å². The Hall–Kier alpha value is -0.570. The molecular formula is C10H19NO6. The van der Waals surface area contributed by atoms with Gasteiger partial charge < -0.3 is 25.2 Å². The number of aliphatic hydroxyl groups excluding tert-OH is 4. The topological polar surface area (TPSA) is 110 Å². The zero-order valence-electron chi connectivity index (χ0n) is 9.53. The minimum Gasteiger partial charge on any atom is -0.394 e. The van der Waals surface area contributed by atoms with Crippen molar-refractivity contribution in [1.82, 2.24) is 4.90 Å². The molecule has 7 heteroatoms. The summed E-state index contributed by atoms with van der Waals surface area (Å²) in [5.41, 5.74) is 0. The van der Waals surface area contributed by atoms with Crippen LogP contribution in [0.25, 0.3) is 0 Å². The van der Waals surface area contributed by atoms with Gasteiger partial charge in [0, 0.05) is 13.1 Å². The van der Waals surface area contributed by atoms with Crippen LogP contribution in [0.1, 0.15) is 0 Å². The summed E-state index contributed by atoms with van der Waals surface area (Å²) in [6, 6.07) is 0. The van der Waals surface area contributed by atoms with E-state index >= 15 is 0 Å². The third kappa shape index (κ3) is 4.30. The van der Waals surface area contributed by atoms with Crippen molar-refractivity contribution in [2.24, 2.45) is 0 Å². The molecule has 1 rings (SSSR count). The molecule has 0 saturated carbocycles. The lowest BCUT2D eigenvalue weighted by Gasteiger charge is -2.28. The fraction of sp³-hybridized carbons (Fsp3) is 0.900. The van der Waals surface area contributed by atoms with Gasteiger partial charge >= 0.3 is 0 Å². The third-order valence-electron chi connectivity index (χ3n) is 2.72. The van der Waals surface area contributed by atoms with Gasteiger partial charge in [-0.25, -0.2) is 0 Å². The van der Waals surface area contributed by atoms with E-state index in [0.29, 0.717) is 26.3 Å². The molecule has 0 radical (unpaired) electrons. The number of ether oxygens (including phenoxy) is 1. The smallest absolute Gasteiger partial charge is 0.177 e. The summed E-state index contributed by atoms with van der Waals surface area (Å²) in [5, 5.41) is 36.6. The molecule has 0 bridgehead atoms. The number of carbonyl (C=O) groups excluding carboxylic acids is 1. The van der Waals surface area contributed by atoms with Crippen LogP contribution < -0.4 is 0 Å². The second-order valence-corrected chi connectivity index (χ2v) is 4.04. The predicted molar refractivity (Wildman–Crippen MR) is 57.4 cm³/mol. The molecule has 0 spiro atoms. The number of hydrogen-bond donors (Lipinski definition) is 4. The Bertz CT molecular complexity index is 243. The van der Waals surface area contributed by atoms with E-state index in [9.17, 15) is 15.0 Å². The first-order chi connectivity index (χ1) is 8.06. The number of ketones is 1. The first-order valence-electron chi connectivity index (χ1n) is 5.54. The summed E-state index contributed by atoms with van der Waals surface area (Å²) in [6.07, 6.45) is -4.85. The molecule has 100 valence electrons. The fourth-order valence-corrected chi connectivity index (χ4v) is 1.58. The van der Waals surface area contributed by atoms with E-state index in [1.165, 1.54) is 0 Å². The molecule has 1 aliphatic heterocycles. The van der Waals surface area contributed by atoms with Crippen LogP contribution in [0.4, 0.5) is 0 Å². The zero-order valence-corrected chi connectivity index (χ0v) is 9.53. The van der Waals surface area contributed by atoms with Crippen LogP contribution in [0, 0.1) is 0 Å². The van der Waals surface area contributed by atoms with Gasteiger partial charge in [-0.05, 0) is 0 Å². The highest BCUT2D eigenvalue weighted by atomic mass is 16.5. The van der Waals surface area contributed by atoms with Crippen LogP contribution in [0.5, 0.6) is 0 Å². The molecular weight excluding hydrogens is 230 g/mol. The van der Waals surface area contributed by atoms with Gasteiger partial charge in [-0.2, -0.15) is 0 Å². The fourth-order valence-electron chi connectivity index (χ4n) is 1.58. The number of nitrogens with zero attached hydrogens (tertiary/aromatic N) is 1. The van der Waals surface area contributed by atoms with E-state index in [-0.39, 0.29) is 6.54 Å². The van der Waals surface area contributed by atoms with Crippen LogP contribution in [0.2, 0.25) is 0 Å². The van der Waals surface area contributed by atoms with Gasteiger partial charge in [0.1, 0.15) is 18.3 Å². The average molecular weight is 249 g/mol. The number of hydrogen-bond acceptors (Lipinski definition) is 7. The second-order valence-electron chi connectivity index (χ2n) is 4.04. The maximum absolute atomic E-state index is 11.6. The second kappa shape index (κ2) is 7.00. The molecule has 0 aromatic rings. The Morgan fingerprint density at radius 3 is 2.35 bits per heavy atom. The van der Waals surface area contributed by atoms with Crippen LogP contribution in [-0.4, -0.2) is 88.9 Å². The number of aliphatic hydroxyl groups is 4. The summed E-state index contributed by atoms with van der Waals surface area (Å²) in [6.45, 7) is 1.55. The number of morpholine rings is 1. The van der Waals surface area contributed by atoms with E-state index < -0.39 is 30.7 Å². The van der Waals surface area contributed by atoms with Gasteiger partial charge in [0.15, 0.2) is 5.78 Å². The molecule has 1 saturated heterocycles. The van der Waals surface area contributed by atoms with Gasteiger partial charge in [0.05, 0.1) is 26.4 Å². The number of rotatable bonds is 6. The van der Waals surface area contributed by atoms with Crippen molar-refractivity contribution in [2.75, 3.05) is 39.5 Å². The predicted octanol–water partition coefficient (Wildman–Crippen LogP) is -3.04. The average Bonchev–Trinajstić information content (AvgIpc) is 2.37. The highest BCUT2D eigenvalue weighted by Crippen LogP contribution is 2.04. The molecule has 0 aliphatic carbocycles. The molecule has 7 nitrogen and oxygen atoms in total. The number of Topliss-reactive ketones (excluding diaryl/α,β-unsaturated/α-hetero) is 1. The molecule has 1 heterocycles. The van der Waals surface area contributed by atoms with Crippen molar-refractivity contribution in [3.8, 4) is 0 Å². The number of carbonyl (C=O) groups is 1. The molecule has 3 unspecified atom stereocenters. The van der Waals surface area contributed by atoms with Crippen LogP contribution >= 0.6 is 0 Å². The summed E-state index contributed by atoms with van der Waals surface area (Å²) < 4.78 is 5.11. The summed E-state index contributed by atoms with van der Waals surface area (Å²) in [5.74, 6) is -0.577. The molecule has 4 N–H and O–H groups in total. The van der Waals surface area contributed by atoms with Crippen molar-refractivity contribution in [1.29, 1.82) is 0 Å². The van der Waals surface area contributed by atoms with Crippen molar-refractivity contribution < 1.29 is 30.0 Å². The van der Waals surface area contributed by atoms with Crippen LogP contribution in [0.3, 0.4) is 0 Å². The quantitative estimate of drug-likeness (QED) is 0.396. The standard InChI is InChI=1S/C10H19NO6/c12-6-8(14)10(16)9(15)7(13)5-11-1-3-17-4-2-11/h8-10,12,14-16H,1-6H2. The largest absolute Gasteiger partial charge is 0.394 e. The van der Waals surface area contributed by atoms with Crippen molar-refractivity contribution >= 4 is 5.78 Å². The summed E-state index contributed by atoms with van der Waals surface area (Å²) in [7, 11) is 0. The monoisotopic (exact) mass is 249 g/mol. The SMILES string of the molecule is O=C(CN1CCOCC1)C(O)C(O)C(O)CO. The van der Waals surface area contributed by atoms with Crippen LogP contribution in [-0.2, 0) is 9.53 Å². The molecule has 0 aromatic heterocycles. The first kappa shape index (κ1) is 14.5. The minimum absolute atomic E-state index is 0.000263. The maximum atomic E-state index is 11.6. The molecule has 3 atom stereocenters. The highest BCUT2D eigenvalue weighted by Gasteiger charge is 2.30. The minimum atomic E-state index is -1.68. The highest BCUT2D eigenvalue weighted by molar-refractivity contribution is 5.85. The molecule has 1 aliphatic rings. The lowest BCUT2D eigenvalue weighted by Crippen LogP contribution is -2.48. The van der Waals surface area contributed by atoms with E-state index in [2.05, 4.69) is 0 Å². The van der Waals surface area contributed by atoms with Gasteiger partial charge in [-0.3, -0.25) is 9.69 Å². The Kier molecular flexibility index (Phi) is 5.96. The first-order valence-corrected chi connectivity index (χ1v) is 5.54. The molecule has 0 aromatic carbocycles. The van der Waals surface area contributed by atoms with E-state index in [1.807, 2.05) is 0 Å². The third-order valence-corrected chi connectivity index (χ3v) is 2.72. The molecule has 17 heavy (non-hydrogen) atoms. The van der Waals surface area contributed by atoms with Crippen molar-refractivity contribution in [2.45, 2.75) is 18.3 Å². The van der Waals surface area contributed by atoms with Crippen molar-refractivity contribution in [3.63, 3.8) is 0 Å². The zero-order chi connectivity index (χ0) is 12.8. The summed E-state index contributed by atoms with van der Waals surface area (Å²) >= 11 is 0. The molecule has 1 fully saturated rings. The van der Waals surface area contributed by atoms with Gasteiger partial charge in [0.2, 0.25) is 0 Å². The Morgan fingerprint density at radius 1 is 1.24 bits per heavy atom. The van der Waals surface area contributed by atoms with E-state index in [4.69, 9.17) is 14.9 Å². The Balaban J connectivity index is 2.40. The Labute approximate surface area is 99.2 Å². The molecule has 0 amide bonds.